The second-order valence-electron chi connectivity index (χ2n) is 8.90. The van der Waals surface area contributed by atoms with Gasteiger partial charge >= 0.3 is 0 Å². The van der Waals surface area contributed by atoms with Gasteiger partial charge in [-0.1, -0.05) is 12.1 Å². The SMILES string of the molecule is [C-]#[N+]c1ccc(-c2nc(C(=O)N3CCC[C@H](N)C3)c(C3CC3)n2-c2cnc(OC)c(F)c2)cc1F. The Morgan fingerprint density at radius 2 is 2.03 bits per heavy atom. The van der Waals surface area contributed by atoms with Gasteiger partial charge in [0.25, 0.3) is 5.91 Å². The van der Waals surface area contributed by atoms with Crippen molar-refractivity contribution < 1.29 is 18.3 Å². The summed E-state index contributed by atoms with van der Waals surface area (Å²) in [5.41, 5.74) is 7.59. The molecule has 1 saturated carbocycles. The number of pyridine rings is 1. The molecule has 3 heterocycles. The maximum Gasteiger partial charge on any atom is 0.274 e. The monoisotopic (exact) mass is 478 g/mol. The first-order valence-electron chi connectivity index (χ1n) is 11.5. The Hall–Kier alpha value is -3.84. The fourth-order valence-electron chi connectivity index (χ4n) is 4.55. The largest absolute Gasteiger partial charge is 0.479 e. The van der Waals surface area contributed by atoms with Gasteiger partial charge in [0.15, 0.2) is 11.5 Å². The van der Waals surface area contributed by atoms with Gasteiger partial charge in [-0.15, -0.1) is 0 Å². The number of nitrogens with two attached hydrogens (primary N) is 1. The lowest BCUT2D eigenvalue weighted by Gasteiger charge is -2.30. The number of aromatic nitrogens is 3. The minimum absolute atomic E-state index is 0.0474. The van der Waals surface area contributed by atoms with E-state index in [4.69, 9.17) is 22.0 Å². The first-order chi connectivity index (χ1) is 16.9. The Bertz CT molecular complexity index is 1340. The lowest BCUT2D eigenvalue weighted by molar-refractivity contribution is 0.0702. The number of hydrogen-bond donors (Lipinski definition) is 1. The number of halogens is 2. The van der Waals surface area contributed by atoms with Gasteiger partial charge in [0.2, 0.25) is 11.6 Å². The van der Waals surface area contributed by atoms with Crippen LogP contribution in [0.25, 0.3) is 21.9 Å². The number of ether oxygens (including phenoxy) is 1. The molecule has 1 aromatic carbocycles. The molecule has 180 valence electrons. The van der Waals surface area contributed by atoms with Gasteiger partial charge in [0.1, 0.15) is 11.6 Å². The minimum Gasteiger partial charge on any atom is -0.479 e. The molecule has 1 atom stereocenters. The van der Waals surface area contributed by atoms with Crippen LogP contribution in [0.1, 0.15) is 47.8 Å². The first-order valence-corrected chi connectivity index (χ1v) is 11.5. The van der Waals surface area contributed by atoms with E-state index in [2.05, 4.69) is 9.83 Å². The van der Waals surface area contributed by atoms with Crippen LogP contribution in [0.2, 0.25) is 0 Å². The highest BCUT2D eigenvalue weighted by Gasteiger charge is 2.37. The van der Waals surface area contributed by atoms with Gasteiger partial charge in [-0.2, -0.15) is 0 Å². The van der Waals surface area contributed by atoms with Crippen LogP contribution in [-0.4, -0.2) is 51.6 Å². The molecule has 1 aliphatic heterocycles. The molecule has 10 heteroatoms. The van der Waals surface area contributed by atoms with Gasteiger partial charge in [-0.05, 0) is 31.7 Å². The van der Waals surface area contributed by atoms with E-state index >= 15 is 0 Å². The van der Waals surface area contributed by atoms with Crippen LogP contribution in [-0.2, 0) is 0 Å². The molecule has 2 fully saturated rings. The molecule has 1 amide bonds. The lowest BCUT2D eigenvalue weighted by Crippen LogP contribution is -2.46. The number of nitrogens with zero attached hydrogens (tertiary/aromatic N) is 5. The average molecular weight is 479 g/mol. The summed E-state index contributed by atoms with van der Waals surface area (Å²) < 4.78 is 35.9. The third kappa shape index (κ3) is 4.23. The number of carbonyl (C=O) groups excluding carboxylic acids is 1. The lowest BCUT2D eigenvalue weighted by atomic mass is 10.1. The zero-order chi connectivity index (χ0) is 24.7. The van der Waals surface area contributed by atoms with Crippen LogP contribution in [0.15, 0.2) is 30.5 Å². The van der Waals surface area contributed by atoms with Crippen molar-refractivity contribution in [2.75, 3.05) is 20.2 Å². The molecule has 0 radical (unpaired) electrons. The normalized spacial score (nSPS) is 17.8. The van der Waals surface area contributed by atoms with Crippen molar-refractivity contribution >= 4 is 11.6 Å². The smallest absolute Gasteiger partial charge is 0.274 e. The Balaban J connectivity index is 1.71. The van der Waals surface area contributed by atoms with Crippen LogP contribution in [0.4, 0.5) is 14.5 Å². The average Bonchev–Trinajstić information content (AvgIpc) is 3.62. The molecule has 2 N–H and O–H groups in total. The van der Waals surface area contributed by atoms with Crippen molar-refractivity contribution in [3.05, 3.63) is 64.9 Å². The van der Waals surface area contributed by atoms with Crippen molar-refractivity contribution in [1.82, 2.24) is 19.4 Å². The van der Waals surface area contributed by atoms with Gasteiger partial charge in [-0.3, -0.25) is 9.36 Å². The quantitative estimate of drug-likeness (QED) is 0.555. The molecule has 8 nitrogen and oxygen atoms in total. The number of benzene rings is 1. The fourth-order valence-corrected chi connectivity index (χ4v) is 4.55. The number of imidazole rings is 1. The van der Waals surface area contributed by atoms with E-state index in [0.29, 0.717) is 30.0 Å². The minimum atomic E-state index is -0.700. The van der Waals surface area contributed by atoms with E-state index in [1.165, 1.54) is 31.5 Å². The van der Waals surface area contributed by atoms with Gasteiger partial charge in [0, 0.05) is 36.7 Å². The summed E-state index contributed by atoms with van der Waals surface area (Å²) in [5.74, 6) is -1.45. The van der Waals surface area contributed by atoms with Crippen LogP contribution in [0.5, 0.6) is 5.88 Å². The van der Waals surface area contributed by atoms with Crippen LogP contribution >= 0.6 is 0 Å². The standard InChI is InChI=1S/C25H24F2N6O2/c1-29-20-8-7-15(10-18(20)26)23-31-21(25(34)32-9-3-4-16(28)13-32)22(14-5-6-14)33(23)17-11-19(27)24(35-2)30-12-17/h7-8,10-12,14,16H,3-6,9,13,28H2,2H3/t16-/m0/s1. The predicted octanol–water partition coefficient (Wildman–Crippen LogP) is 4.21. The molecule has 2 aromatic heterocycles. The topological polar surface area (TPSA) is 90.6 Å². The molecule has 1 saturated heterocycles. The predicted molar refractivity (Wildman–Crippen MR) is 125 cm³/mol. The van der Waals surface area contributed by atoms with Crippen LogP contribution < -0.4 is 10.5 Å². The fraction of sp³-hybridized carbons (Fsp3) is 0.360. The van der Waals surface area contributed by atoms with Gasteiger partial charge in [0.05, 0.1) is 31.3 Å². The van der Waals surface area contributed by atoms with Crippen molar-refractivity contribution in [1.29, 1.82) is 0 Å². The van der Waals surface area contributed by atoms with Crippen LogP contribution in [0, 0.1) is 18.2 Å². The number of piperidine rings is 1. The number of carbonyl (C=O) groups is 1. The zero-order valence-electron chi connectivity index (χ0n) is 19.2. The third-order valence-electron chi connectivity index (χ3n) is 6.40. The van der Waals surface area contributed by atoms with E-state index in [1.54, 1.807) is 15.5 Å². The second kappa shape index (κ2) is 9.07. The van der Waals surface area contributed by atoms with Gasteiger partial charge < -0.3 is 15.4 Å². The molecule has 2 aliphatic rings. The molecule has 5 rings (SSSR count). The zero-order valence-corrected chi connectivity index (χ0v) is 19.2. The summed E-state index contributed by atoms with van der Waals surface area (Å²) in [7, 11) is 1.32. The number of likely N-dealkylation sites (tertiary alicyclic amines) is 1. The van der Waals surface area contributed by atoms with Crippen molar-refractivity contribution in [3.63, 3.8) is 0 Å². The first kappa shape index (κ1) is 22.9. The molecule has 0 bridgehead atoms. The number of amides is 1. The Kier molecular flexibility index (Phi) is 5.94. The summed E-state index contributed by atoms with van der Waals surface area (Å²) in [5, 5.41) is 0. The van der Waals surface area contributed by atoms with E-state index in [1.807, 2.05) is 0 Å². The molecular formula is C25H24F2N6O2. The van der Waals surface area contributed by atoms with Gasteiger partial charge in [-0.25, -0.2) is 23.6 Å². The second-order valence-corrected chi connectivity index (χ2v) is 8.90. The number of methoxy groups -OCH3 is 1. The van der Waals surface area contributed by atoms with Crippen molar-refractivity contribution in [2.45, 2.75) is 37.6 Å². The summed E-state index contributed by atoms with van der Waals surface area (Å²) in [6.07, 6.45) is 4.79. The molecule has 3 aromatic rings. The summed E-state index contributed by atoms with van der Waals surface area (Å²) in [4.78, 5) is 27.3. The highest BCUT2D eigenvalue weighted by atomic mass is 19.1. The van der Waals surface area contributed by atoms with Crippen LogP contribution in [0.3, 0.4) is 0 Å². The van der Waals surface area contributed by atoms with E-state index < -0.39 is 11.6 Å². The molecule has 1 aliphatic carbocycles. The Morgan fingerprint density at radius 1 is 1.23 bits per heavy atom. The number of hydrogen-bond acceptors (Lipinski definition) is 5. The molecule has 0 unspecified atom stereocenters. The summed E-state index contributed by atoms with van der Waals surface area (Å²) in [6, 6.07) is 5.31. The maximum absolute atomic E-state index is 14.7. The molecule has 0 spiro atoms. The van der Waals surface area contributed by atoms with E-state index in [-0.39, 0.29) is 41.0 Å². The number of rotatable bonds is 5. The van der Waals surface area contributed by atoms with E-state index in [9.17, 15) is 13.6 Å². The van der Waals surface area contributed by atoms with E-state index in [0.717, 1.165) is 25.7 Å². The summed E-state index contributed by atoms with van der Waals surface area (Å²) in [6.45, 7) is 8.13. The maximum atomic E-state index is 14.7. The van der Waals surface area contributed by atoms with Crippen molar-refractivity contribution in [3.8, 4) is 23.0 Å². The molecule has 35 heavy (non-hydrogen) atoms. The summed E-state index contributed by atoms with van der Waals surface area (Å²) >= 11 is 0. The van der Waals surface area contributed by atoms with Crippen molar-refractivity contribution in [2.24, 2.45) is 5.73 Å². The molecular weight excluding hydrogens is 454 g/mol. The Labute approximate surface area is 201 Å². The Morgan fingerprint density at radius 3 is 2.66 bits per heavy atom. The third-order valence-corrected chi connectivity index (χ3v) is 6.40. The highest BCUT2D eigenvalue weighted by molar-refractivity contribution is 5.95. The highest BCUT2D eigenvalue weighted by Crippen LogP contribution is 2.45.